The van der Waals surface area contributed by atoms with Gasteiger partial charge < -0.3 is 0 Å². The van der Waals surface area contributed by atoms with Gasteiger partial charge in [-0.1, -0.05) is 84.9 Å². The molecular weight excluding hydrogens is 364 g/mol. The Bertz CT molecular complexity index is 1530. The molecule has 2 nitrogen and oxygen atoms in total. The van der Waals surface area contributed by atoms with E-state index in [1.54, 1.807) is 0 Å². The molecule has 0 N–H and O–H groups in total. The molecule has 0 saturated carbocycles. The van der Waals surface area contributed by atoms with E-state index in [1.807, 2.05) is 0 Å². The average Bonchev–Trinajstić information content (AvgIpc) is 3.19. The van der Waals surface area contributed by atoms with E-state index >= 15 is 0 Å². The second-order valence-corrected chi connectivity index (χ2v) is 7.78. The topological polar surface area (TPSA) is 17.3 Å². The predicted molar refractivity (Wildman–Crippen MR) is 126 cm³/mol. The van der Waals surface area contributed by atoms with Crippen LogP contribution >= 0.6 is 0 Å². The Labute approximate surface area is 175 Å². The smallest absolute Gasteiger partial charge is 0.0809 e. The molecule has 30 heavy (non-hydrogen) atoms. The molecule has 4 aromatic carbocycles. The van der Waals surface area contributed by atoms with E-state index in [0.717, 1.165) is 16.9 Å². The standard InChI is InChI=1S/C28H20N2/c1-19-16-26-24-17-22-14-8-9-15-23(22)18-25(24)27(20-10-4-2-5-11-20)28(30(26)29-19)21-12-6-3-7-13-21/h2-18H,1H3. The fourth-order valence-corrected chi connectivity index (χ4v) is 4.51. The Kier molecular flexibility index (Phi) is 3.72. The summed E-state index contributed by atoms with van der Waals surface area (Å²) in [6, 6.07) is 36.7. The molecule has 0 spiro atoms. The van der Waals surface area contributed by atoms with Gasteiger partial charge in [-0.15, -0.1) is 0 Å². The Morgan fingerprint density at radius 2 is 1.17 bits per heavy atom. The zero-order chi connectivity index (χ0) is 20.1. The van der Waals surface area contributed by atoms with E-state index in [2.05, 4.69) is 115 Å². The summed E-state index contributed by atoms with van der Waals surface area (Å²) in [5.74, 6) is 0. The van der Waals surface area contributed by atoms with Crippen molar-refractivity contribution in [3.63, 3.8) is 0 Å². The van der Waals surface area contributed by atoms with E-state index in [4.69, 9.17) is 5.10 Å². The lowest BCUT2D eigenvalue weighted by Gasteiger charge is -2.17. The number of nitrogens with zero attached hydrogens (tertiary/aromatic N) is 2. The summed E-state index contributed by atoms with van der Waals surface area (Å²) in [5, 5.41) is 9.91. The highest BCUT2D eigenvalue weighted by atomic mass is 15.2. The first-order chi connectivity index (χ1) is 14.8. The zero-order valence-corrected chi connectivity index (χ0v) is 16.7. The lowest BCUT2D eigenvalue weighted by atomic mass is 9.92. The van der Waals surface area contributed by atoms with E-state index in [-0.39, 0.29) is 0 Å². The van der Waals surface area contributed by atoms with Gasteiger partial charge in [-0.25, -0.2) is 4.52 Å². The van der Waals surface area contributed by atoms with Crippen LogP contribution in [0.25, 0.3) is 49.4 Å². The maximum atomic E-state index is 4.92. The van der Waals surface area contributed by atoms with Crippen LogP contribution in [0.1, 0.15) is 5.69 Å². The van der Waals surface area contributed by atoms with Gasteiger partial charge in [-0.3, -0.25) is 0 Å². The Balaban J connectivity index is 1.90. The molecule has 0 aliphatic rings. The molecule has 0 bridgehead atoms. The normalized spacial score (nSPS) is 11.5. The monoisotopic (exact) mass is 384 g/mol. The summed E-state index contributed by atoms with van der Waals surface area (Å²) in [6.45, 7) is 2.07. The van der Waals surface area contributed by atoms with Crippen molar-refractivity contribution >= 4 is 27.1 Å². The van der Waals surface area contributed by atoms with Gasteiger partial charge in [0.1, 0.15) is 0 Å². The van der Waals surface area contributed by atoms with E-state index in [1.165, 1.54) is 38.2 Å². The molecule has 0 amide bonds. The molecule has 0 radical (unpaired) electrons. The van der Waals surface area contributed by atoms with Gasteiger partial charge in [-0.2, -0.15) is 5.10 Å². The Morgan fingerprint density at radius 1 is 0.600 bits per heavy atom. The number of pyridine rings is 1. The van der Waals surface area contributed by atoms with Crippen LogP contribution in [0.2, 0.25) is 0 Å². The SMILES string of the molecule is Cc1cc2c3cc4ccccc4cc3c(-c3ccccc3)c(-c3ccccc3)n2n1. The third-order valence-corrected chi connectivity index (χ3v) is 5.82. The number of aryl methyl sites for hydroxylation is 1. The van der Waals surface area contributed by atoms with Crippen LogP contribution in [0, 0.1) is 6.92 Å². The van der Waals surface area contributed by atoms with Crippen molar-refractivity contribution in [2.45, 2.75) is 6.92 Å². The van der Waals surface area contributed by atoms with Crippen LogP contribution < -0.4 is 0 Å². The average molecular weight is 384 g/mol. The molecule has 0 saturated heterocycles. The maximum Gasteiger partial charge on any atom is 0.0809 e. The lowest BCUT2D eigenvalue weighted by molar-refractivity contribution is 0.947. The highest BCUT2D eigenvalue weighted by Crippen LogP contribution is 2.41. The van der Waals surface area contributed by atoms with Crippen LogP contribution in [0.3, 0.4) is 0 Å². The minimum atomic E-state index is 1.02. The first-order valence-corrected chi connectivity index (χ1v) is 10.3. The molecule has 6 aromatic rings. The fourth-order valence-electron chi connectivity index (χ4n) is 4.51. The van der Waals surface area contributed by atoms with Crippen molar-refractivity contribution in [1.82, 2.24) is 9.61 Å². The van der Waals surface area contributed by atoms with Gasteiger partial charge in [0.05, 0.1) is 16.9 Å². The van der Waals surface area contributed by atoms with Gasteiger partial charge in [0.25, 0.3) is 0 Å². The van der Waals surface area contributed by atoms with Gasteiger partial charge in [0.2, 0.25) is 0 Å². The van der Waals surface area contributed by atoms with E-state index < -0.39 is 0 Å². The van der Waals surface area contributed by atoms with E-state index in [9.17, 15) is 0 Å². The number of hydrogen-bond acceptors (Lipinski definition) is 1. The molecular formula is C28H20N2. The van der Waals surface area contributed by atoms with Crippen LogP contribution in [-0.2, 0) is 0 Å². The molecule has 6 rings (SSSR count). The highest BCUT2D eigenvalue weighted by molar-refractivity contribution is 6.14. The van der Waals surface area contributed by atoms with Crippen molar-refractivity contribution in [3.05, 3.63) is 109 Å². The van der Waals surface area contributed by atoms with Crippen LogP contribution in [0.15, 0.2) is 103 Å². The molecule has 0 unspecified atom stereocenters. The minimum absolute atomic E-state index is 1.02. The number of benzene rings is 4. The van der Waals surface area contributed by atoms with Gasteiger partial charge >= 0.3 is 0 Å². The molecule has 0 aliphatic carbocycles. The van der Waals surface area contributed by atoms with Crippen molar-refractivity contribution in [3.8, 4) is 22.4 Å². The molecule has 0 fully saturated rings. The van der Waals surface area contributed by atoms with Gasteiger partial charge in [0.15, 0.2) is 0 Å². The molecule has 2 heteroatoms. The predicted octanol–water partition coefficient (Wildman–Crippen LogP) is 7.28. The van der Waals surface area contributed by atoms with E-state index in [0.29, 0.717) is 0 Å². The first kappa shape index (κ1) is 17.0. The molecule has 0 aliphatic heterocycles. The van der Waals surface area contributed by atoms with Crippen LogP contribution in [-0.4, -0.2) is 9.61 Å². The number of fused-ring (bicyclic) bond motifs is 4. The quantitative estimate of drug-likeness (QED) is 0.287. The molecule has 2 aromatic heterocycles. The molecule has 142 valence electrons. The van der Waals surface area contributed by atoms with Crippen molar-refractivity contribution < 1.29 is 0 Å². The summed E-state index contributed by atoms with van der Waals surface area (Å²) < 4.78 is 2.13. The summed E-state index contributed by atoms with van der Waals surface area (Å²) in [4.78, 5) is 0. The Hall–Kier alpha value is -3.91. The van der Waals surface area contributed by atoms with Gasteiger partial charge in [0, 0.05) is 16.5 Å². The lowest BCUT2D eigenvalue weighted by Crippen LogP contribution is -2.00. The van der Waals surface area contributed by atoms with Crippen LogP contribution in [0.5, 0.6) is 0 Å². The third kappa shape index (κ3) is 2.54. The summed E-state index contributed by atoms with van der Waals surface area (Å²) in [7, 11) is 0. The van der Waals surface area contributed by atoms with Gasteiger partial charge in [-0.05, 0) is 46.8 Å². The second-order valence-electron chi connectivity index (χ2n) is 7.78. The summed E-state index contributed by atoms with van der Waals surface area (Å²) in [6.07, 6.45) is 0. The highest BCUT2D eigenvalue weighted by Gasteiger charge is 2.19. The third-order valence-electron chi connectivity index (χ3n) is 5.82. The van der Waals surface area contributed by atoms with Crippen molar-refractivity contribution in [2.75, 3.05) is 0 Å². The maximum absolute atomic E-state index is 4.92. The minimum Gasteiger partial charge on any atom is -0.232 e. The number of hydrogen-bond donors (Lipinski definition) is 0. The largest absolute Gasteiger partial charge is 0.232 e. The van der Waals surface area contributed by atoms with Crippen molar-refractivity contribution in [2.24, 2.45) is 0 Å². The number of rotatable bonds is 2. The zero-order valence-electron chi connectivity index (χ0n) is 16.7. The number of aromatic nitrogens is 2. The molecule has 2 heterocycles. The second kappa shape index (κ2) is 6.57. The van der Waals surface area contributed by atoms with Crippen LogP contribution in [0.4, 0.5) is 0 Å². The first-order valence-electron chi connectivity index (χ1n) is 10.3. The molecule has 0 atom stereocenters. The van der Waals surface area contributed by atoms with Crippen molar-refractivity contribution in [1.29, 1.82) is 0 Å². The summed E-state index contributed by atoms with van der Waals surface area (Å²) >= 11 is 0. The summed E-state index contributed by atoms with van der Waals surface area (Å²) in [5.41, 5.74) is 6.88. The Morgan fingerprint density at radius 3 is 1.83 bits per heavy atom. The fraction of sp³-hybridized carbons (Fsp3) is 0.0357.